The molecule has 0 aliphatic carbocycles. The average Bonchev–Trinajstić information content (AvgIpc) is 2.46. The number of ketones is 1. The van der Waals surface area contributed by atoms with E-state index in [1.807, 2.05) is 0 Å². The van der Waals surface area contributed by atoms with E-state index in [4.69, 9.17) is 27.9 Å². The van der Waals surface area contributed by atoms with Crippen molar-refractivity contribution in [1.82, 2.24) is 4.90 Å². The minimum Gasteiger partial charge on any atom is -0.379 e. The van der Waals surface area contributed by atoms with Crippen LogP contribution < -0.4 is 0 Å². The van der Waals surface area contributed by atoms with Crippen molar-refractivity contribution in [2.24, 2.45) is 0 Å². The van der Waals surface area contributed by atoms with E-state index in [0.29, 0.717) is 22.0 Å². The molecule has 0 atom stereocenters. The van der Waals surface area contributed by atoms with E-state index in [0.717, 1.165) is 32.8 Å². The Morgan fingerprint density at radius 2 is 1.90 bits per heavy atom. The van der Waals surface area contributed by atoms with Crippen LogP contribution in [-0.4, -0.2) is 43.5 Å². The van der Waals surface area contributed by atoms with E-state index >= 15 is 0 Å². The Morgan fingerprint density at radius 3 is 2.55 bits per heavy atom. The van der Waals surface area contributed by atoms with Crippen LogP contribution in [0.15, 0.2) is 24.3 Å². The van der Waals surface area contributed by atoms with Gasteiger partial charge in [0.15, 0.2) is 5.78 Å². The fourth-order valence-electron chi connectivity index (χ4n) is 2.02. The van der Waals surface area contributed by atoms with Crippen molar-refractivity contribution in [3.8, 4) is 0 Å². The first-order chi connectivity index (χ1) is 9.66. The van der Waals surface area contributed by atoms with Crippen molar-refractivity contribution in [2.45, 2.75) is 6.42 Å². The van der Waals surface area contributed by atoms with Gasteiger partial charge in [-0.1, -0.05) is 29.3 Å². The molecule has 108 valence electrons. The van der Waals surface area contributed by atoms with Gasteiger partial charge in [0.25, 0.3) is 0 Å². The Morgan fingerprint density at radius 1 is 1.25 bits per heavy atom. The van der Waals surface area contributed by atoms with Gasteiger partial charge >= 0.3 is 0 Å². The van der Waals surface area contributed by atoms with Crippen LogP contribution in [0.3, 0.4) is 0 Å². The van der Waals surface area contributed by atoms with Gasteiger partial charge in [0.2, 0.25) is 0 Å². The third-order valence-electron chi connectivity index (χ3n) is 3.21. The number of carbonyl (C=O) groups excluding carboxylic acids is 1. The second-order valence-corrected chi connectivity index (χ2v) is 5.45. The van der Waals surface area contributed by atoms with E-state index in [-0.39, 0.29) is 5.78 Å². The van der Waals surface area contributed by atoms with Crippen molar-refractivity contribution in [1.29, 1.82) is 0 Å². The van der Waals surface area contributed by atoms with Crippen LogP contribution in [0.4, 0.5) is 0 Å². The minimum absolute atomic E-state index is 0.0764. The van der Waals surface area contributed by atoms with Gasteiger partial charge < -0.3 is 4.74 Å². The molecule has 1 aromatic rings. The normalized spacial score (nSPS) is 16.7. The fourth-order valence-corrected chi connectivity index (χ4v) is 2.55. The molecule has 0 unspecified atom stereocenters. The largest absolute Gasteiger partial charge is 0.379 e. The average molecular weight is 314 g/mol. The molecule has 0 spiro atoms. The molecule has 3 nitrogen and oxygen atoms in total. The summed E-state index contributed by atoms with van der Waals surface area (Å²) < 4.78 is 5.27. The third kappa shape index (κ3) is 4.60. The Kier molecular flexibility index (Phi) is 6.05. The molecular formula is C15H17Cl2NO2. The zero-order chi connectivity index (χ0) is 14.4. The zero-order valence-corrected chi connectivity index (χ0v) is 12.7. The maximum atomic E-state index is 11.9. The monoisotopic (exact) mass is 313 g/mol. The number of halogens is 2. The molecule has 1 fully saturated rings. The van der Waals surface area contributed by atoms with E-state index in [2.05, 4.69) is 4.90 Å². The van der Waals surface area contributed by atoms with Crippen molar-refractivity contribution in [3.63, 3.8) is 0 Å². The van der Waals surface area contributed by atoms with Crippen molar-refractivity contribution in [3.05, 3.63) is 39.9 Å². The van der Waals surface area contributed by atoms with Gasteiger partial charge in [0, 0.05) is 41.7 Å². The van der Waals surface area contributed by atoms with E-state index in [1.54, 1.807) is 30.4 Å². The smallest absolute Gasteiger partial charge is 0.156 e. The van der Waals surface area contributed by atoms with Gasteiger partial charge in [-0.05, 0) is 24.3 Å². The van der Waals surface area contributed by atoms with E-state index < -0.39 is 0 Å². The standard InChI is InChI=1S/C15H17Cl2NO2/c16-14-2-1-3-15(17)13(14)5-4-12(19)6-7-18-8-10-20-11-9-18/h1-5H,6-11H2/b5-4+. The number of hydrogen-bond acceptors (Lipinski definition) is 3. The number of rotatable bonds is 5. The Bertz CT molecular complexity index is 476. The second kappa shape index (κ2) is 7.79. The highest BCUT2D eigenvalue weighted by Gasteiger charge is 2.11. The molecule has 1 saturated heterocycles. The van der Waals surface area contributed by atoms with Crippen LogP contribution in [-0.2, 0) is 9.53 Å². The number of morpholine rings is 1. The first-order valence-corrected chi connectivity index (χ1v) is 7.37. The summed E-state index contributed by atoms with van der Waals surface area (Å²) in [5.74, 6) is 0.0764. The summed E-state index contributed by atoms with van der Waals surface area (Å²) in [7, 11) is 0. The van der Waals surface area contributed by atoms with E-state index in [1.165, 1.54) is 0 Å². The second-order valence-electron chi connectivity index (χ2n) is 4.64. The molecule has 1 aliphatic heterocycles. The van der Waals surface area contributed by atoms with Crippen molar-refractivity contribution in [2.75, 3.05) is 32.8 Å². The number of ether oxygens (including phenoxy) is 1. The van der Waals surface area contributed by atoms with Crippen LogP contribution in [0, 0.1) is 0 Å². The Balaban J connectivity index is 1.86. The van der Waals surface area contributed by atoms with Gasteiger partial charge in [-0.3, -0.25) is 9.69 Å². The fraction of sp³-hybridized carbons (Fsp3) is 0.400. The highest BCUT2D eigenvalue weighted by Crippen LogP contribution is 2.25. The zero-order valence-electron chi connectivity index (χ0n) is 11.1. The first kappa shape index (κ1) is 15.5. The number of carbonyl (C=O) groups is 1. The molecule has 5 heteroatoms. The molecule has 0 amide bonds. The summed E-state index contributed by atoms with van der Waals surface area (Å²) in [5.41, 5.74) is 0.690. The van der Waals surface area contributed by atoms with Gasteiger partial charge in [-0.15, -0.1) is 0 Å². The predicted molar refractivity (Wildman–Crippen MR) is 82.4 cm³/mol. The van der Waals surface area contributed by atoms with E-state index in [9.17, 15) is 4.79 Å². The minimum atomic E-state index is 0.0764. The highest BCUT2D eigenvalue weighted by atomic mass is 35.5. The maximum absolute atomic E-state index is 11.9. The SMILES string of the molecule is O=C(/C=C/c1c(Cl)cccc1Cl)CCN1CCOCC1. The van der Waals surface area contributed by atoms with Crippen LogP contribution in [0.2, 0.25) is 10.0 Å². The quantitative estimate of drug-likeness (QED) is 0.781. The summed E-state index contributed by atoms with van der Waals surface area (Å²) in [4.78, 5) is 14.1. The summed E-state index contributed by atoms with van der Waals surface area (Å²) in [6, 6.07) is 5.29. The lowest BCUT2D eigenvalue weighted by atomic mass is 10.1. The lowest BCUT2D eigenvalue weighted by Crippen LogP contribution is -2.37. The molecule has 0 bridgehead atoms. The Hall–Kier alpha value is -0.870. The lowest BCUT2D eigenvalue weighted by Gasteiger charge is -2.25. The number of allylic oxidation sites excluding steroid dienone is 1. The summed E-state index contributed by atoms with van der Waals surface area (Å²) in [6.07, 6.45) is 3.73. The topological polar surface area (TPSA) is 29.5 Å². The summed E-state index contributed by atoms with van der Waals surface area (Å²) >= 11 is 12.1. The highest BCUT2D eigenvalue weighted by molar-refractivity contribution is 6.37. The van der Waals surface area contributed by atoms with Crippen LogP contribution in [0.5, 0.6) is 0 Å². The molecule has 0 radical (unpaired) electrons. The number of benzene rings is 1. The molecule has 0 aromatic heterocycles. The predicted octanol–water partition coefficient (Wildman–Crippen LogP) is 3.30. The molecule has 1 aromatic carbocycles. The first-order valence-electron chi connectivity index (χ1n) is 6.62. The summed E-state index contributed by atoms with van der Waals surface area (Å²) in [5, 5.41) is 1.10. The van der Waals surface area contributed by atoms with Crippen molar-refractivity contribution >= 4 is 35.1 Å². The van der Waals surface area contributed by atoms with Gasteiger partial charge in [-0.2, -0.15) is 0 Å². The molecule has 0 saturated carbocycles. The van der Waals surface area contributed by atoms with Crippen LogP contribution >= 0.6 is 23.2 Å². The van der Waals surface area contributed by atoms with Gasteiger partial charge in [0.05, 0.1) is 13.2 Å². The summed E-state index contributed by atoms with van der Waals surface area (Å²) in [6.45, 7) is 4.06. The number of hydrogen-bond donors (Lipinski definition) is 0. The lowest BCUT2D eigenvalue weighted by molar-refractivity contribution is -0.115. The van der Waals surface area contributed by atoms with Gasteiger partial charge in [-0.25, -0.2) is 0 Å². The molecule has 0 N–H and O–H groups in total. The number of nitrogens with zero attached hydrogens (tertiary/aromatic N) is 1. The van der Waals surface area contributed by atoms with Gasteiger partial charge in [0.1, 0.15) is 0 Å². The molecule has 20 heavy (non-hydrogen) atoms. The molecular weight excluding hydrogens is 297 g/mol. The van der Waals surface area contributed by atoms with Crippen molar-refractivity contribution < 1.29 is 9.53 Å². The van der Waals surface area contributed by atoms with Crippen LogP contribution in [0.25, 0.3) is 6.08 Å². The maximum Gasteiger partial charge on any atom is 0.156 e. The Labute approximate surface area is 129 Å². The molecule has 2 rings (SSSR count). The molecule has 1 aliphatic rings. The molecule has 1 heterocycles. The third-order valence-corrected chi connectivity index (χ3v) is 3.87. The van der Waals surface area contributed by atoms with Crippen LogP contribution in [0.1, 0.15) is 12.0 Å².